The monoisotopic (exact) mass is 353 g/mol. The van der Waals surface area contributed by atoms with E-state index in [4.69, 9.17) is 16.3 Å². The van der Waals surface area contributed by atoms with Crippen LogP contribution >= 0.6 is 11.6 Å². The summed E-state index contributed by atoms with van der Waals surface area (Å²) in [5, 5.41) is 11.1. The van der Waals surface area contributed by atoms with Crippen molar-refractivity contribution in [3.63, 3.8) is 0 Å². The zero-order valence-corrected chi connectivity index (χ0v) is 14.8. The second-order valence-electron chi connectivity index (χ2n) is 5.31. The number of nitrogens with one attached hydrogen (secondary N) is 1. The molecular formula is C15H20ClN5O3. The number of esters is 1. The van der Waals surface area contributed by atoms with Crippen molar-refractivity contribution < 1.29 is 14.3 Å². The second kappa shape index (κ2) is 7.48. The van der Waals surface area contributed by atoms with Crippen molar-refractivity contribution in [2.45, 2.75) is 46.9 Å². The Morgan fingerprint density at radius 1 is 1.33 bits per heavy atom. The fraction of sp³-hybridized carbons (Fsp3) is 0.467. The predicted molar refractivity (Wildman–Crippen MR) is 89.3 cm³/mol. The van der Waals surface area contributed by atoms with Crippen molar-refractivity contribution in [2.75, 3.05) is 5.32 Å². The van der Waals surface area contributed by atoms with Crippen LogP contribution in [0.1, 0.15) is 48.7 Å². The smallest absolute Gasteiger partial charge is 0.361 e. The first kappa shape index (κ1) is 18.0. The number of carbonyl (C=O) groups is 2. The molecule has 0 spiro atoms. The first-order chi connectivity index (χ1) is 11.4. The average Bonchev–Trinajstić information content (AvgIpc) is 3.09. The molecule has 1 N–H and O–H groups in total. The Labute approximate surface area is 144 Å². The summed E-state index contributed by atoms with van der Waals surface area (Å²) in [5.74, 6) is -1.06. The summed E-state index contributed by atoms with van der Waals surface area (Å²) in [7, 11) is 0. The molecule has 0 saturated heterocycles. The van der Waals surface area contributed by atoms with Gasteiger partial charge in [0.25, 0.3) is 5.91 Å². The fourth-order valence-electron chi connectivity index (χ4n) is 2.10. The van der Waals surface area contributed by atoms with E-state index in [0.29, 0.717) is 13.1 Å². The number of carbonyl (C=O) groups excluding carboxylic acids is 2. The highest BCUT2D eigenvalue weighted by Crippen LogP contribution is 2.20. The molecule has 0 unspecified atom stereocenters. The quantitative estimate of drug-likeness (QED) is 0.806. The second-order valence-corrected chi connectivity index (χ2v) is 5.72. The highest BCUT2D eigenvalue weighted by Gasteiger charge is 2.23. The van der Waals surface area contributed by atoms with Crippen LogP contribution in [0.3, 0.4) is 0 Å². The number of nitrogens with zero attached hydrogens (tertiary/aromatic N) is 4. The zero-order chi connectivity index (χ0) is 17.9. The lowest BCUT2D eigenvalue weighted by Gasteiger charge is -2.09. The number of amides is 1. The maximum atomic E-state index is 12.5. The van der Waals surface area contributed by atoms with E-state index in [1.807, 2.05) is 13.8 Å². The molecule has 0 fully saturated rings. The van der Waals surface area contributed by atoms with Crippen molar-refractivity contribution in [3.05, 3.63) is 28.8 Å². The maximum absolute atomic E-state index is 12.5. The van der Waals surface area contributed by atoms with E-state index in [1.165, 1.54) is 10.9 Å². The summed E-state index contributed by atoms with van der Waals surface area (Å²) < 4.78 is 8.19. The highest BCUT2D eigenvalue weighted by atomic mass is 35.5. The Balaban J connectivity index is 2.31. The van der Waals surface area contributed by atoms with Gasteiger partial charge >= 0.3 is 5.97 Å². The number of ether oxygens (including phenoxy) is 1. The van der Waals surface area contributed by atoms with Crippen LogP contribution in [0.15, 0.2) is 12.4 Å². The zero-order valence-electron chi connectivity index (χ0n) is 14.0. The van der Waals surface area contributed by atoms with Gasteiger partial charge in [0.2, 0.25) is 0 Å². The molecule has 9 heteroatoms. The summed E-state index contributed by atoms with van der Waals surface area (Å²) >= 11 is 6.03. The van der Waals surface area contributed by atoms with Crippen LogP contribution in [0.5, 0.6) is 0 Å². The molecule has 0 aliphatic rings. The van der Waals surface area contributed by atoms with Crippen LogP contribution in [-0.2, 0) is 17.8 Å². The molecule has 0 atom stereocenters. The summed E-state index contributed by atoms with van der Waals surface area (Å²) in [6, 6.07) is 0. The van der Waals surface area contributed by atoms with Crippen LogP contribution in [0.4, 0.5) is 5.69 Å². The molecule has 2 rings (SSSR count). The van der Waals surface area contributed by atoms with Gasteiger partial charge in [0.05, 0.1) is 23.0 Å². The average molecular weight is 354 g/mol. The Morgan fingerprint density at radius 2 is 2.04 bits per heavy atom. The highest BCUT2D eigenvalue weighted by molar-refractivity contribution is 6.34. The first-order valence-electron chi connectivity index (χ1n) is 7.68. The maximum Gasteiger partial charge on any atom is 0.361 e. The SMILES string of the molecule is CCn1cc(NC(=O)c2c(Cl)cnn2CC)c(C(=O)OC(C)C)n1. The molecule has 0 saturated carbocycles. The summed E-state index contributed by atoms with van der Waals surface area (Å²) in [6.07, 6.45) is 2.70. The topological polar surface area (TPSA) is 91.0 Å². The third kappa shape index (κ3) is 3.76. The van der Waals surface area contributed by atoms with E-state index < -0.39 is 11.9 Å². The summed E-state index contributed by atoms with van der Waals surface area (Å²) in [6.45, 7) is 8.25. The van der Waals surface area contributed by atoms with Gasteiger partial charge in [0.1, 0.15) is 5.69 Å². The van der Waals surface area contributed by atoms with E-state index in [2.05, 4.69) is 15.5 Å². The van der Waals surface area contributed by atoms with Crippen molar-refractivity contribution in [1.82, 2.24) is 19.6 Å². The minimum absolute atomic E-state index is 0.0533. The Morgan fingerprint density at radius 3 is 2.62 bits per heavy atom. The number of aromatic nitrogens is 4. The van der Waals surface area contributed by atoms with Gasteiger partial charge in [-0.05, 0) is 27.7 Å². The lowest BCUT2D eigenvalue weighted by atomic mass is 10.3. The third-order valence-corrected chi connectivity index (χ3v) is 3.46. The van der Waals surface area contributed by atoms with Gasteiger partial charge in [-0.2, -0.15) is 10.2 Å². The van der Waals surface area contributed by atoms with Gasteiger partial charge in [-0.15, -0.1) is 0 Å². The third-order valence-electron chi connectivity index (χ3n) is 3.18. The van der Waals surface area contributed by atoms with E-state index >= 15 is 0 Å². The standard InChI is InChI=1S/C15H20ClN5O3/c1-5-20-8-11(12(19-20)15(23)24-9(3)4)18-14(22)13-10(16)7-17-21(13)6-2/h7-9H,5-6H2,1-4H3,(H,18,22). The molecule has 2 heterocycles. The van der Waals surface area contributed by atoms with Crippen molar-refractivity contribution in [2.24, 2.45) is 0 Å². The summed E-state index contributed by atoms with van der Waals surface area (Å²) in [5.41, 5.74) is 0.552. The molecule has 2 aromatic rings. The molecular weight excluding hydrogens is 334 g/mol. The molecule has 0 bridgehead atoms. The molecule has 2 aromatic heterocycles. The fourth-order valence-corrected chi connectivity index (χ4v) is 2.33. The molecule has 8 nitrogen and oxygen atoms in total. The summed E-state index contributed by atoms with van der Waals surface area (Å²) in [4.78, 5) is 24.7. The van der Waals surface area contributed by atoms with Crippen LogP contribution < -0.4 is 5.32 Å². The lowest BCUT2D eigenvalue weighted by Crippen LogP contribution is -2.20. The van der Waals surface area contributed by atoms with Crippen LogP contribution in [0, 0.1) is 0 Å². The number of hydrogen-bond donors (Lipinski definition) is 1. The minimum Gasteiger partial charge on any atom is -0.458 e. The van der Waals surface area contributed by atoms with Gasteiger partial charge in [-0.3, -0.25) is 14.2 Å². The molecule has 0 aliphatic carbocycles. The molecule has 0 aliphatic heterocycles. The Hall–Kier alpha value is -2.35. The number of aryl methyl sites for hydroxylation is 2. The number of halogens is 1. The Bertz CT molecular complexity index is 750. The van der Waals surface area contributed by atoms with Crippen LogP contribution in [-0.4, -0.2) is 37.5 Å². The normalized spacial score (nSPS) is 10.9. The van der Waals surface area contributed by atoms with E-state index in [-0.39, 0.29) is 28.2 Å². The van der Waals surface area contributed by atoms with Gasteiger partial charge in [-0.25, -0.2) is 4.79 Å². The van der Waals surface area contributed by atoms with Gasteiger partial charge in [0.15, 0.2) is 5.69 Å². The number of anilines is 1. The van der Waals surface area contributed by atoms with Crippen molar-refractivity contribution >= 4 is 29.2 Å². The van der Waals surface area contributed by atoms with Gasteiger partial charge < -0.3 is 10.1 Å². The Kier molecular flexibility index (Phi) is 5.61. The van der Waals surface area contributed by atoms with Crippen LogP contribution in [0.25, 0.3) is 0 Å². The number of hydrogen-bond acceptors (Lipinski definition) is 5. The van der Waals surface area contributed by atoms with E-state index in [9.17, 15) is 9.59 Å². The lowest BCUT2D eigenvalue weighted by molar-refractivity contribution is 0.0371. The molecule has 1 amide bonds. The van der Waals surface area contributed by atoms with Crippen molar-refractivity contribution in [3.8, 4) is 0 Å². The van der Waals surface area contributed by atoms with Gasteiger partial charge in [-0.1, -0.05) is 11.6 Å². The molecule has 130 valence electrons. The molecule has 24 heavy (non-hydrogen) atoms. The van der Waals surface area contributed by atoms with Gasteiger partial charge in [0, 0.05) is 19.3 Å². The minimum atomic E-state index is -0.595. The first-order valence-corrected chi connectivity index (χ1v) is 8.06. The largest absolute Gasteiger partial charge is 0.458 e. The van der Waals surface area contributed by atoms with E-state index in [1.54, 1.807) is 24.7 Å². The molecule has 0 aromatic carbocycles. The predicted octanol–water partition coefficient (Wildman–Crippen LogP) is 2.59. The van der Waals surface area contributed by atoms with Crippen LogP contribution in [0.2, 0.25) is 5.02 Å². The van der Waals surface area contributed by atoms with E-state index in [0.717, 1.165) is 0 Å². The molecule has 0 radical (unpaired) electrons. The van der Waals surface area contributed by atoms with Crippen molar-refractivity contribution in [1.29, 1.82) is 0 Å². The number of rotatable bonds is 6.